The molecule has 1 heterocycles. The first kappa shape index (κ1) is 38.0. The maximum Gasteiger partial charge on any atom is 0.0625 e. The minimum absolute atomic E-state index is 1.09. The Bertz CT molecular complexity index is 3860. The number of fused-ring (bicyclic) bond motifs is 9. The molecule has 0 fully saturated rings. The van der Waals surface area contributed by atoms with Crippen LogP contribution < -0.4 is 4.90 Å². The zero-order valence-electron chi connectivity index (χ0n) is 36.4. The van der Waals surface area contributed by atoms with Gasteiger partial charge in [-0.25, -0.2) is 0 Å². The van der Waals surface area contributed by atoms with Crippen molar-refractivity contribution in [2.24, 2.45) is 0 Å². The van der Waals surface area contributed by atoms with Gasteiger partial charge < -0.3 is 9.47 Å². The molecule has 0 radical (unpaired) electrons. The highest BCUT2D eigenvalue weighted by atomic mass is 15.1. The van der Waals surface area contributed by atoms with Crippen LogP contribution in [0.1, 0.15) is 17.5 Å². The molecule has 1 aromatic heterocycles. The van der Waals surface area contributed by atoms with E-state index in [-0.39, 0.29) is 0 Å². The summed E-state index contributed by atoms with van der Waals surface area (Å²) in [4.78, 5) is 2.41. The molecule has 0 bridgehead atoms. The largest absolute Gasteiger partial charge is 0.310 e. The zero-order valence-corrected chi connectivity index (χ0v) is 36.4. The van der Waals surface area contributed by atoms with Gasteiger partial charge in [0.05, 0.1) is 11.0 Å². The Hall–Kier alpha value is -8.46. The quantitative estimate of drug-likeness (QED) is 0.155. The van der Waals surface area contributed by atoms with Crippen LogP contribution in [0.25, 0.3) is 99.3 Å². The lowest BCUT2D eigenvalue weighted by Crippen LogP contribution is -2.10. The van der Waals surface area contributed by atoms with Crippen molar-refractivity contribution in [2.75, 3.05) is 4.90 Å². The molecule has 1 aliphatic carbocycles. The van der Waals surface area contributed by atoms with Gasteiger partial charge in [0.25, 0.3) is 0 Å². The smallest absolute Gasteiger partial charge is 0.0625 e. The number of nitrogens with zero attached hydrogens (tertiary/aromatic N) is 2. The highest BCUT2D eigenvalue weighted by Gasteiger charge is 2.21. The fourth-order valence-corrected chi connectivity index (χ4v) is 10.6. The van der Waals surface area contributed by atoms with Gasteiger partial charge in [0, 0.05) is 38.9 Å². The molecule has 0 atom stereocenters. The fourth-order valence-electron chi connectivity index (χ4n) is 10.6. The number of para-hydroxylation sites is 2. The van der Waals surface area contributed by atoms with Crippen LogP contribution in [0.4, 0.5) is 17.1 Å². The summed E-state index contributed by atoms with van der Waals surface area (Å²) in [5.74, 6) is 0. The summed E-state index contributed by atoms with van der Waals surface area (Å²) in [6.07, 6.45) is 6.76. The van der Waals surface area contributed by atoms with Crippen molar-refractivity contribution >= 4 is 77.3 Å². The van der Waals surface area contributed by atoms with Gasteiger partial charge in [0.1, 0.15) is 0 Å². The van der Waals surface area contributed by atoms with Crippen LogP contribution in [0.5, 0.6) is 0 Å². The van der Waals surface area contributed by atoms with E-state index in [1.54, 1.807) is 0 Å². The van der Waals surface area contributed by atoms with Crippen molar-refractivity contribution in [3.63, 3.8) is 0 Å². The number of hydrogen-bond acceptors (Lipinski definition) is 1. The van der Waals surface area contributed by atoms with E-state index in [0.717, 1.165) is 35.6 Å². The molecule has 0 N–H and O–H groups in total. The van der Waals surface area contributed by atoms with Gasteiger partial charge in [-0.1, -0.05) is 170 Å². The molecule has 2 heteroatoms. The molecule has 66 heavy (non-hydrogen) atoms. The molecule has 2 nitrogen and oxygen atoms in total. The van der Waals surface area contributed by atoms with Crippen LogP contribution in [-0.2, 0) is 6.42 Å². The molecule has 0 unspecified atom stereocenters. The van der Waals surface area contributed by atoms with Crippen molar-refractivity contribution in [1.82, 2.24) is 4.57 Å². The van der Waals surface area contributed by atoms with E-state index in [4.69, 9.17) is 0 Å². The van der Waals surface area contributed by atoms with E-state index in [1.165, 1.54) is 98.6 Å². The normalized spacial score (nSPS) is 12.4. The lowest BCUT2D eigenvalue weighted by Gasteiger charge is -2.26. The molecule has 0 amide bonds. The maximum atomic E-state index is 2.45. The van der Waals surface area contributed by atoms with E-state index in [0.29, 0.717) is 0 Å². The third kappa shape index (κ3) is 6.41. The first-order valence-electron chi connectivity index (χ1n) is 23.0. The van der Waals surface area contributed by atoms with Gasteiger partial charge in [0.2, 0.25) is 0 Å². The first-order chi connectivity index (χ1) is 32.7. The zero-order chi connectivity index (χ0) is 43.6. The first-order valence-corrected chi connectivity index (χ1v) is 23.0. The van der Waals surface area contributed by atoms with E-state index in [9.17, 15) is 0 Å². The van der Waals surface area contributed by atoms with E-state index in [1.807, 2.05) is 0 Å². The Morgan fingerprint density at radius 2 is 1.00 bits per heavy atom. The second-order valence-corrected chi connectivity index (χ2v) is 17.6. The minimum Gasteiger partial charge on any atom is -0.310 e. The van der Waals surface area contributed by atoms with E-state index in [2.05, 4.69) is 252 Å². The molecule has 12 aromatic rings. The van der Waals surface area contributed by atoms with E-state index >= 15 is 0 Å². The second-order valence-electron chi connectivity index (χ2n) is 17.6. The van der Waals surface area contributed by atoms with Crippen LogP contribution in [0.3, 0.4) is 0 Å². The van der Waals surface area contributed by atoms with Crippen LogP contribution in [0, 0.1) is 0 Å². The third-order valence-electron chi connectivity index (χ3n) is 13.8. The Morgan fingerprint density at radius 1 is 0.379 bits per heavy atom. The standard InChI is InChI=1S/C64H44N2/c1-2-18-53(19-3-1)66-62-24-11-10-23-60(62)63-61(42-51-16-7-9-22-59(51)64(63)66)50-17-12-20-56(41-50)65(54-34-29-44(30-35-54)48-27-25-43-13-4-5-15-47(43)39-48)55-36-31-45(32-37-55)49-33-38-58-52(40-49)28-26-46-14-6-8-21-57(46)58/h1-7,9-20,22-42H,8,21H2. The maximum absolute atomic E-state index is 2.45. The summed E-state index contributed by atoms with van der Waals surface area (Å²) < 4.78 is 2.45. The third-order valence-corrected chi connectivity index (χ3v) is 13.8. The van der Waals surface area contributed by atoms with Crippen LogP contribution in [0.15, 0.2) is 237 Å². The van der Waals surface area contributed by atoms with Gasteiger partial charge in [-0.2, -0.15) is 0 Å². The average molecular weight is 841 g/mol. The summed E-state index contributed by atoms with van der Waals surface area (Å²) in [5.41, 5.74) is 16.9. The topological polar surface area (TPSA) is 8.17 Å². The molecule has 13 rings (SSSR count). The number of aryl methyl sites for hydroxylation is 1. The average Bonchev–Trinajstić information content (AvgIpc) is 3.74. The van der Waals surface area contributed by atoms with Gasteiger partial charge in [-0.15, -0.1) is 0 Å². The number of benzene rings is 11. The monoisotopic (exact) mass is 840 g/mol. The Labute approximate surface area is 384 Å². The second kappa shape index (κ2) is 15.7. The molecule has 0 saturated carbocycles. The van der Waals surface area contributed by atoms with Crippen molar-refractivity contribution in [3.8, 4) is 39.1 Å². The lowest BCUT2D eigenvalue weighted by atomic mass is 9.90. The SMILES string of the molecule is C1=Cc2ccc3cc(-c4ccc(N(c5ccc(-c6ccc7ccccc7c6)cc5)c5cccc(-c6cc7ccccc7c7c6c6ccccc6n7-c6ccccc6)c5)cc4)ccc3c2CC1. The lowest BCUT2D eigenvalue weighted by molar-refractivity contribution is 0.997. The Balaban J connectivity index is 0.960. The molecule has 1 aliphatic rings. The number of anilines is 3. The van der Waals surface area contributed by atoms with Crippen LogP contribution in [0.2, 0.25) is 0 Å². The summed E-state index contributed by atoms with van der Waals surface area (Å²) in [7, 11) is 0. The highest BCUT2D eigenvalue weighted by Crippen LogP contribution is 2.45. The Morgan fingerprint density at radius 3 is 1.79 bits per heavy atom. The Kier molecular flexibility index (Phi) is 9.02. The molecule has 0 aliphatic heterocycles. The predicted molar refractivity (Wildman–Crippen MR) is 282 cm³/mol. The fraction of sp³-hybridized carbons (Fsp3) is 0.0312. The predicted octanol–water partition coefficient (Wildman–Crippen LogP) is 17.7. The van der Waals surface area contributed by atoms with Crippen molar-refractivity contribution in [1.29, 1.82) is 0 Å². The molecular weight excluding hydrogens is 797 g/mol. The summed E-state index contributed by atoms with van der Waals surface area (Å²) in [5, 5.41) is 10.1. The van der Waals surface area contributed by atoms with E-state index < -0.39 is 0 Å². The van der Waals surface area contributed by atoms with Gasteiger partial charge in [-0.05, 0) is 157 Å². The summed E-state index contributed by atoms with van der Waals surface area (Å²) >= 11 is 0. The van der Waals surface area contributed by atoms with Crippen molar-refractivity contribution in [3.05, 3.63) is 248 Å². The molecular formula is C64H44N2. The number of rotatable bonds is 7. The van der Waals surface area contributed by atoms with Gasteiger partial charge in [-0.3, -0.25) is 0 Å². The molecule has 310 valence electrons. The molecule has 0 saturated heterocycles. The number of aromatic nitrogens is 1. The number of allylic oxidation sites excluding steroid dienone is 1. The van der Waals surface area contributed by atoms with Crippen molar-refractivity contribution < 1.29 is 0 Å². The summed E-state index contributed by atoms with van der Waals surface area (Å²) in [6.45, 7) is 0. The van der Waals surface area contributed by atoms with Gasteiger partial charge >= 0.3 is 0 Å². The molecule has 11 aromatic carbocycles. The minimum atomic E-state index is 1.09. The highest BCUT2D eigenvalue weighted by molar-refractivity contribution is 6.24. The number of hydrogen-bond donors (Lipinski definition) is 0. The van der Waals surface area contributed by atoms with Crippen LogP contribution in [-0.4, -0.2) is 4.57 Å². The summed E-state index contributed by atoms with van der Waals surface area (Å²) in [6, 6.07) is 85.0. The molecule has 0 spiro atoms. The van der Waals surface area contributed by atoms with Gasteiger partial charge in [0.15, 0.2) is 0 Å². The van der Waals surface area contributed by atoms with Crippen molar-refractivity contribution in [2.45, 2.75) is 12.8 Å². The van der Waals surface area contributed by atoms with Crippen LogP contribution >= 0.6 is 0 Å².